The third-order valence-electron chi connectivity index (χ3n) is 3.73. The standard InChI is InChI=1S/C16H15N3OS2/c20-15(18-10-7-8-17-9-10)13-5-6-14(21-13)16-19-11-3-1-2-4-12(11)22-16/h1-6,10,17H,7-9H2,(H,18,20). The molecule has 1 unspecified atom stereocenters. The van der Waals surface area contributed by atoms with Crippen molar-refractivity contribution in [1.82, 2.24) is 15.6 Å². The van der Waals surface area contributed by atoms with E-state index in [4.69, 9.17) is 0 Å². The monoisotopic (exact) mass is 329 g/mol. The number of benzene rings is 1. The molecule has 3 heterocycles. The summed E-state index contributed by atoms with van der Waals surface area (Å²) in [5, 5.41) is 7.31. The average Bonchev–Trinajstić information content (AvgIpc) is 3.26. The van der Waals surface area contributed by atoms with Crippen LogP contribution in [0.5, 0.6) is 0 Å². The highest BCUT2D eigenvalue weighted by atomic mass is 32.1. The van der Waals surface area contributed by atoms with Crippen molar-refractivity contribution >= 4 is 38.8 Å². The van der Waals surface area contributed by atoms with E-state index in [1.54, 1.807) is 11.3 Å². The van der Waals surface area contributed by atoms with Gasteiger partial charge in [0, 0.05) is 12.6 Å². The maximum atomic E-state index is 12.3. The molecule has 22 heavy (non-hydrogen) atoms. The largest absolute Gasteiger partial charge is 0.347 e. The lowest BCUT2D eigenvalue weighted by Crippen LogP contribution is -2.35. The van der Waals surface area contributed by atoms with Crippen LogP contribution in [-0.2, 0) is 0 Å². The van der Waals surface area contributed by atoms with Crippen molar-refractivity contribution in [2.75, 3.05) is 13.1 Å². The first kappa shape index (κ1) is 13.9. The molecule has 0 spiro atoms. The third-order valence-corrected chi connectivity index (χ3v) is 6.02. The summed E-state index contributed by atoms with van der Waals surface area (Å²) in [6, 6.07) is 12.2. The second-order valence-electron chi connectivity index (χ2n) is 5.31. The van der Waals surface area contributed by atoms with Gasteiger partial charge in [0.1, 0.15) is 5.01 Å². The van der Waals surface area contributed by atoms with E-state index >= 15 is 0 Å². The van der Waals surface area contributed by atoms with Crippen LogP contribution in [0.2, 0.25) is 0 Å². The fourth-order valence-corrected chi connectivity index (χ4v) is 4.52. The molecule has 2 N–H and O–H groups in total. The molecule has 1 aliphatic rings. The van der Waals surface area contributed by atoms with Gasteiger partial charge in [0.2, 0.25) is 0 Å². The topological polar surface area (TPSA) is 54.0 Å². The number of nitrogens with zero attached hydrogens (tertiary/aromatic N) is 1. The van der Waals surface area contributed by atoms with Gasteiger partial charge in [-0.3, -0.25) is 4.79 Å². The zero-order valence-corrected chi connectivity index (χ0v) is 13.5. The van der Waals surface area contributed by atoms with Gasteiger partial charge in [-0.1, -0.05) is 12.1 Å². The third kappa shape index (κ3) is 2.65. The SMILES string of the molecule is O=C(NC1CCNC1)c1ccc(-c2nc3ccccc3s2)s1. The number of hydrogen-bond donors (Lipinski definition) is 2. The smallest absolute Gasteiger partial charge is 0.261 e. The van der Waals surface area contributed by atoms with Gasteiger partial charge < -0.3 is 10.6 Å². The van der Waals surface area contributed by atoms with Gasteiger partial charge >= 0.3 is 0 Å². The number of thiazole rings is 1. The van der Waals surface area contributed by atoms with Crippen LogP contribution in [-0.4, -0.2) is 30.0 Å². The molecule has 2 aromatic heterocycles. The Labute approximate surface area is 136 Å². The molecule has 1 fully saturated rings. The fraction of sp³-hybridized carbons (Fsp3) is 0.250. The van der Waals surface area contributed by atoms with Crippen molar-refractivity contribution in [2.24, 2.45) is 0 Å². The number of fused-ring (bicyclic) bond motifs is 1. The lowest BCUT2D eigenvalue weighted by atomic mass is 10.2. The van der Waals surface area contributed by atoms with Gasteiger partial charge in [-0.2, -0.15) is 0 Å². The molecule has 112 valence electrons. The Bertz CT molecular complexity index is 785. The number of rotatable bonds is 3. The highest BCUT2D eigenvalue weighted by Gasteiger charge is 2.19. The lowest BCUT2D eigenvalue weighted by Gasteiger charge is -2.09. The first-order valence-corrected chi connectivity index (χ1v) is 8.90. The Morgan fingerprint density at radius 2 is 2.14 bits per heavy atom. The second kappa shape index (κ2) is 5.79. The molecule has 4 nitrogen and oxygen atoms in total. The van der Waals surface area contributed by atoms with Gasteiger partial charge in [0.25, 0.3) is 5.91 Å². The molecule has 6 heteroatoms. The molecule has 1 aromatic carbocycles. The van der Waals surface area contributed by atoms with Gasteiger partial charge in [-0.25, -0.2) is 4.98 Å². The van der Waals surface area contributed by atoms with E-state index in [0.29, 0.717) is 0 Å². The molecule has 0 aliphatic carbocycles. The first-order valence-electron chi connectivity index (χ1n) is 7.27. The Morgan fingerprint density at radius 3 is 2.95 bits per heavy atom. The van der Waals surface area contributed by atoms with Crippen LogP contribution >= 0.6 is 22.7 Å². The summed E-state index contributed by atoms with van der Waals surface area (Å²) < 4.78 is 1.17. The predicted octanol–water partition coefficient (Wildman–Crippen LogP) is 3.12. The number of para-hydroxylation sites is 1. The highest BCUT2D eigenvalue weighted by Crippen LogP contribution is 2.34. The average molecular weight is 329 g/mol. The summed E-state index contributed by atoms with van der Waals surface area (Å²) in [5.74, 6) is 0.0195. The fourth-order valence-electron chi connectivity index (χ4n) is 2.59. The lowest BCUT2D eigenvalue weighted by molar-refractivity contribution is 0.0944. The summed E-state index contributed by atoms with van der Waals surface area (Å²) in [4.78, 5) is 18.7. The molecule has 0 bridgehead atoms. The van der Waals surface area contributed by atoms with Gasteiger partial charge in [-0.05, 0) is 37.2 Å². The summed E-state index contributed by atoms with van der Waals surface area (Å²) in [5.41, 5.74) is 1.01. The van der Waals surface area contributed by atoms with E-state index in [2.05, 4.69) is 21.7 Å². The van der Waals surface area contributed by atoms with Crippen molar-refractivity contribution in [3.63, 3.8) is 0 Å². The minimum atomic E-state index is 0.0195. The maximum absolute atomic E-state index is 12.3. The minimum absolute atomic E-state index is 0.0195. The molecular formula is C16H15N3OS2. The zero-order chi connectivity index (χ0) is 14.9. The highest BCUT2D eigenvalue weighted by molar-refractivity contribution is 7.26. The van der Waals surface area contributed by atoms with Crippen molar-refractivity contribution in [3.05, 3.63) is 41.3 Å². The van der Waals surface area contributed by atoms with Crippen molar-refractivity contribution in [3.8, 4) is 9.88 Å². The number of amides is 1. The van der Waals surface area contributed by atoms with Gasteiger partial charge in [0.15, 0.2) is 0 Å². The Kier molecular flexibility index (Phi) is 3.65. The van der Waals surface area contributed by atoms with Crippen LogP contribution in [0.4, 0.5) is 0 Å². The van der Waals surface area contributed by atoms with Crippen LogP contribution in [0.15, 0.2) is 36.4 Å². The summed E-state index contributed by atoms with van der Waals surface area (Å²) in [6.07, 6.45) is 1.00. The van der Waals surface area contributed by atoms with E-state index < -0.39 is 0 Å². The quantitative estimate of drug-likeness (QED) is 0.776. The molecule has 3 aromatic rings. The van der Waals surface area contributed by atoms with Crippen LogP contribution in [0.25, 0.3) is 20.1 Å². The van der Waals surface area contributed by atoms with Gasteiger partial charge in [0.05, 0.1) is 20.0 Å². The van der Waals surface area contributed by atoms with Crippen molar-refractivity contribution in [1.29, 1.82) is 0 Å². The van der Waals surface area contributed by atoms with E-state index in [1.807, 2.05) is 30.3 Å². The first-order chi connectivity index (χ1) is 10.8. The molecule has 1 aliphatic heterocycles. The number of thiophene rings is 1. The molecule has 1 saturated heterocycles. The van der Waals surface area contributed by atoms with E-state index in [-0.39, 0.29) is 11.9 Å². The number of nitrogens with one attached hydrogen (secondary N) is 2. The second-order valence-corrected chi connectivity index (χ2v) is 7.43. The zero-order valence-electron chi connectivity index (χ0n) is 11.8. The van der Waals surface area contributed by atoms with Crippen LogP contribution < -0.4 is 10.6 Å². The summed E-state index contributed by atoms with van der Waals surface area (Å²) >= 11 is 3.17. The number of carbonyl (C=O) groups is 1. The number of aromatic nitrogens is 1. The van der Waals surface area contributed by atoms with E-state index in [1.165, 1.54) is 16.0 Å². The maximum Gasteiger partial charge on any atom is 0.261 e. The van der Waals surface area contributed by atoms with E-state index in [0.717, 1.165) is 39.8 Å². The Morgan fingerprint density at radius 1 is 1.23 bits per heavy atom. The van der Waals surface area contributed by atoms with Crippen molar-refractivity contribution in [2.45, 2.75) is 12.5 Å². The number of hydrogen-bond acceptors (Lipinski definition) is 5. The molecule has 4 rings (SSSR count). The Balaban J connectivity index is 1.56. The van der Waals surface area contributed by atoms with E-state index in [9.17, 15) is 4.79 Å². The van der Waals surface area contributed by atoms with Crippen molar-refractivity contribution < 1.29 is 4.79 Å². The molecular weight excluding hydrogens is 314 g/mol. The van der Waals surface area contributed by atoms with Crippen LogP contribution in [0.3, 0.4) is 0 Å². The molecule has 0 saturated carbocycles. The summed E-state index contributed by atoms with van der Waals surface area (Å²) in [7, 11) is 0. The predicted molar refractivity (Wildman–Crippen MR) is 91.7 cm³/mol. The summed E-state index contributed by atoms with van der Waals surface area (Å²) in [6.45, 7) is 1.84. The minimum Gasteiger partial charge on any atom is -0.347 e. The number of carbonyl (C=O) groups excluding carboxylic acids is 1. The van der Waals surface area contributed by atoms with Crippen LogP contribution in [0.1, 0.15) is 16.1 Å². The van der Waals surface area contributed by atoms with Gasteiger partial charge in [-0.15, -0.1) is 22.7 Å². The normalized spacial score (nSPS) is 17.9. The molecule has 1 amide bonds. The molecule has 0 radical (unpaired) electrons. The van der Waals surface area contributed by atoms with Crippen LogP contribution in [0, 0.1) is 0 Å². The molecule has 1 atom stereocenters. The Hall–Kier alpha value is -1.76.